The molecule has 1 aromatic rings. The number of rotatable bonds is 5. The summed E-state index contributed by atoms with van der Waals surface area (Å²) in [5, 5.41) is 3.11. The SMILES string of the molecule is Cc1ccc(S(=O)(=O)N2CC[NH+](CC(=O)NC3CCCC3)CC2)cc1. The van der Waals surface area contributed by atoms with Gasteiger partial charge in [-0.15, -0.1) is 0 Å². The number of aryl methyl sites for hydroxylation is 1. The maximum Gasteiger partial charge on any atom is 0.275 e. The van der Waals surface area contributed by atoms with Gasteiger partial charge in [-0.2, -0.15) is 4.31 Å². The van der Waals surface area contributed by atoms with Gasteiger partial charge in [0.25, 0.3) is 5.91 Å². The van der Waals surface area contributed by atoms with Gasteiger partial charge in [-0.3, -0.25) is 4.79 Å². The van der Waals surface area contributed by atoms with E-state index in [4.69, 9.17) is 0 Å². The van der Waals surface area contributed by atoms with Gasteiger partial charge in [0, 0.05) is 6.04 Å². The Labute approximate surface area is 150 Å². The van der Waals surface area contributed by atoms with E-state index in [1.807, 2.05) is 19.1 Å². The molecule has 0 atom stereocenters. The second-order valence-electron chi connectivity index (χ2n) is 7.19. The van der Waals surface area contributed by atoms with Crippen molar-refractivity contribution in [2.45, 2.75) is 43.5 Å². The lowest BCUT2D eigenvalue weighted by Crippen LogP contribution is -3.15. The highest BCUT2D eigenvalue weighted by Gasteiger charge is 2.31. The van der Waals surface area contributed by atoms with E-state index in [1.54, 1.807) is 12.1 Å². The first-order valence-corrected chi connectivity index (χ1v) is 10.6. The number of piperazine rings is 1. The van der Waals surface area contributed by atoms with Gasteiger partial charge in [0.05, 0.1) is 31.1 Å². The smallest absolute Gasteiger partial charge is 0.275 e. The molecule has 138 valence electrons. The number of sulfonamides is 1. The lowest BCUT2D eigenvalue weighted by molar-refractivity contribution is -0.895. The quantitative estimate of drug-likeness (QED) is 0.767. The monoisotopic (exact) mass is 366 g/mol. The minimum atomic E-state index is -3.43. The van der Waals surface area contributed by atoms with Crippen LogP contribution in [0.3, 0.4) is 0 Å². The van der Waals surface area contributed by atoms with Crippen LogP contribution >= 0.6 is 0 Å². The van der Waals surface area contributed by atoms with Crippen LogP contribution in [0.25, 0.3) is 0 Å². The Bertz CT molecular complexity index is 689. The number of hydrogen-bond acceptors (Lipinski definition) is 3. The van der Waals surface area contributed by atoms with Crippen LogP contribution < -0.4 is 10.2 Å². The summed E-state index contributed by atoms with van der Waals surface area (Å²) in [5.41, 5.74) is 1.04. The molecule has 6 nitrogen and oxygen atoms in total. The van der Waals surface area contributed by atoms with Crippen molar-refractivity contribution < 1.29 is 18.1 Å². The highest BCUT2D eigenvalue weighted by atomic mass is 32.2. The Kier molecular flexibility index (Phi) is 5.76. The first-order valence-electron chi connectivity index (χ1n) is 9.15. The number of nitrogens with one attached hydrogen (secondary N) is 2. The predicted molar refractivity (Wildman–Crippen MR) is 95.9 cm³/mol. The van der Waals surface area contributed by atoms with E-state index < -0.39 is 10.0 Å². The summed E-state index contributed by atoms with van der Waals surface area (Å²) in [6, 6.07) is 7.32. The van der Waals surface area contributed by atoms with E-state index >= 15 is 0 Å². The first kappa shape index (κ1) is 18.4. The van der Waals surface area contributed by atoms with Crippen molar-refractivity contribution in [3.63, 3.8) is 0 Å². The summed E-state index contributed by atoms with van der Waals surface area (Å²) in [5.74, 6) is 0.0942. The molecule has 2 aliphatic rings. The van der Waals surface area contributed by atoms with Crippen LogP contribution in [0.15, 0.2) is 29.2 Å². The lowest BCUT2D eigenvalue weighted by Gasteiger charge is -2.31. The van der Waals surface area contributed by atoms with Crippen molar-refractivity contribution in [3.8, 4) is 0 Å². The van der Waals surface area contributed by atoms with Crippen LogP contribution in [0.5, 0.6) is 0 Å². The predicted octanol–water partition coefficient (Wildman–Crippen LogP) is -0.0570. The number of nitrogens with zero attached hydrogens (tertiary/aromatic N) is 1. The van der Waals surface area contributed by atoms with E-state index in [0.717, 1.165) is 23.3 Å². The topological polar surface area (TPSA) is 70.9 Å². The third-order valence-electron chi connectivity index (χ3n) is 5.22. The van der Waals surface area contributed by atoms with Gasteiger partial charge < -0.3 is 10.2 Å². The summed E-state index contributed by atoms with van der Waals surface area (Å²) in [6.07, 6.45) is 4.58. The Morgan fingerprint density at radius 2 is 1.76 bits per heavy atom. The zero-order valence-electron chi connectivity index (χ0n) is 14.8. The van der Waals surface area contributed by atoms with Crippen LogP contribution in [0, 0.1) is 6.92 Å². The minimum Gasteiger partial charge on any atom is -0.348 e. The van der Waals surface area contributed by atoms with Crippen molar-refractivity contribution in [1.29, 1.82) is 0 Å². The molecule has 1 aliphatic heterocycles. The Morgan fingerprint density at radius 1 is 1.16 bits per heavy atom. The molecule has 1 heterocycles. The highest BCUT2D eigenvalue weighted by molar-refractivity contribution is 7.89. The largest absolute Gasteiger partial charge is 0.348 e. The summed E-state index contributed by atoms with van der Waals surface area (Å²) >= 11 is 0. The molecule has 0 bridgehead atoms. The summed E-state index contributed by atoms with van der Waals surface area (Å²) in [6.45, 7) is 4.64. The second-order valence-corrected chi connectivity index (χ2v) is 9.13. The van der Waals surface area contributed by atoms with Gasteiger partial charge >= 0.3 is 0 Å². The average molecular weight is 367 g/mol. The van der Waals surface area contributed by atoms with Crippen molar-refractivity contribution in [2.24, 2.45) is 0 Å². The van der Waals surface area contributed by atoms with E-state index in [2.05, 4.69) is 5.32 Å². The third kappa shape index (κ3) is 4.59. The Morgan fingerprint density at radius 3 is 2.36 bits per heavy atom. The summed E-state index contributed by atoms with van der Waals surface area (Å²) < 4.78 is 26.9. The van der Waals surface area contributed by atoms with Gasteiger partial charge in [-0.25, -0.2) is 8.42 Å². The normalized spacial score (nSPS) is 20.7. The van der Waals surface area contributed by atoms with Crippen LogP contribution in [0.2, 0.25) is 0 Å². The van der Waals surface area contributed by atoms with Gasteiger partial charge in [0.15, 0.2) is 6.54 Å². The molecule has 3 rings (SSSR count). The number of quaternary nitrogens is 1. The molecular formula is C18H28N3O3S+. The molecule has 0 unspecified atom stereocenters. The van der Waals surface area contributed by atoms with Gasteiger partial charge in [0.1, 0.15) is 0 Å². The maximum atomic E-state index is 12.7. The molecule has 7 heteroatoms. The molecule has 1 aliphatic carbocycles. The minimum absolute atomic E-state index is 0.0942. The molecule has 25 heavy (non-hydrogen) atoms. The molecule has 0 spiro atoms. The fraction of sp³-hybridized carbons (Fsp3) is 0.611. The Hall–Kier alpha value is -1.44. The molecule has 1 aromatic carbocycles. The number of carbonyl (C=O) groups excluding carboxylic acids is 1. The van der Waals surface area contributed by atoms with Crippen molar-refractivity contribution in [2.75, 3.05) is 32.7 Å². The maximum absolute atomic E-state index is 12.7. The average Bonchev–Trinajstić information content (AvgIpc) is 3.08. The third-order valence-corrected chi connectivity index (χ3v) is 7.13. The summed E-state index contributed by atoms with van der Waals surface area (Å²) in [7, 11) is -3.43. The van der Waals surface area contributed by atoms with E-state index in [0.29, 0.717) is 43.7 Å². The zero-order valence-corrected chi connectivity index (χ0v) is 15.6. The van der Waals surface area contributed by atoms with Gasteiger partial charge in [0.2, 0.25) is 10.0 Å². The van der Waals surface area contributed by atoms with Gasteiger partial charge in [-0.1, -0.05) is 30.5 Å². The van der Waals surface area contributed by atoms with Crippen LogP contribution in [-0.4, -0.2) is 57.4 Å². The number of amides is 1. The van der Waals surface area contributed by atoms with E-state index in [-0.39, 0.29) is 5.91 Å². The van der Waals surface area contributed by atoms with Crippen molar-refractivity contribution >= 4 is 15.9 Å². The second kappa shape index (κ2) is 7.85. The van der Waals surface area contributed by atoms with Crippen LogP contribution in [-0.2, 0) is 14.8 Å². The first-order chi connectivity index (χ1) is 11.9. The molecule has 2 N–H and O–H groups in total. The van der Waals surface area contributed by atoms with E-state index in [1.165, 1.54) is 17.1 Å². The molecule has 1 saturated heterocycles. The molecule has 0 radical (unpaired) electrons. The van der Waals surface area contributed by atoms with Crippen molar-refractivity contribution in [1.82, 2.24) is 9.62 Å². The molecule has 2 fully saturated rings. The molecule has 0 aromatic heterocycles. The fourth-order valence-electron chi connectivity index (χ4n) is 3.65. The van der Waals surface area contributed by atoms with Crippen LogP contribution in [0.1, 0.15) is 31.2 Å². The van der Waals surface area contributed by atoms with Gasteiger partial charge in [-0.05, 0) is 31.9 Å². The Balaban J connectivity index is 1.51. The van der Waals surface area contributed by atoms with E-state index in [9.17, 15) is 13.2 Å². The molecule has 1 amide bonds. The summed E-state index contributed by atoms with van der Waals surface area (Å²) in [4.78, 5) is 13.6. The lowest BCUT2D eigenvalue weighted by atomic mass is 10.2. The standard InChI is InChI=1S/C18H27N3O3S/c1-15-6-8-17(9-7-15)25(23,24)21-12-10-20(11-13-21)14-18(22)19-16-4-2-3-5-16/h6-9,16H,2-5,10-14H2,1H3,(H,19,22)/p+1. The fourth-order valence-corrected chi connectivity index (χ4v) is 5.10. The van der Waals surface area contributed by atoms with Crippen LogP contribution in [0.4, 0.5) is 0 Å². The number of benzene rings is 1. The number of hydrogen-bond donors (Lipinski definition) is 2. The highest BCUT2D eigenvalue weighted by Crippen LogP contribution is 2.17. The zero-order chi connectivity index (χ0) is 17.9. The van der Waals surface area contributed by atoms with Crippen molar-refractivity contribution in [3.05, 3.63) is 29.8 Å². The molecule has 1 saturated carbocycles. The number of carbonyl (C=O) groups is 1. The molecular weight excluding hydrogens is 338 g/mol.